The van der Waals surface area contributed by atoms with Crippen molar-refractivity contribution in [3.05, 3.63) is 30.3 Å². The van der Waals surface area contributed by atoms with Crippen LogP contribution in [0.25, 0.3) is 0 Å². The summed E-state index contributed by atoms with van der Waals surface area (Å²) in [5.41, 5.74) is 1.21. The Balaban J connectivity index is 0.00000392. The third-order valence-electron chi connectivity index (χ3n) is 4.82. The van der Waals surface area contributed by atoms with Gasteiger partial charge in [-0.25, -0.2) is 0 Å². The molecule has 0 amide bonds. The quantitative estimate of drug-likeness (QED) is 0.210. The molecule has 160 valence electrons. The van der Waals surface area contributed by atoms with E-state index in [0.29, 0.717) is 12.0 Å². The minimum absolute atomic E-state index is 0. The number of rotatable bonds is 11. The highest BCUT2D eigenvalue weighted by Crippen LogP contribution is 2.14. The zero-order chi connectivity index (χ0) is 19.3. The van der Waals surface area contributed by atoms with Crippen LogP contribution in [0.15, 0.2) is 35.3 Å². The molecule has 1 aromatic carbocycles. The topological polar surface area (TPSA) is 58.1 Å². The predicted molar refractivity (Wildman–Crippen MR) is 128 cm³/mol. The number of aliphatic imine (C=N–C) groups is 1. The number of likely N-dealkylation sites (N-methyl/N-ethyl adjacent to an activating group) is 1. The fourth-order valence-electron chi connectivity index (χ4n) is 2.95. The molecular formula is C21H37IN4O2. The van der Waals surface area contributed by atoms with Gasteiger partial charge in [0.25, 0.3) is 0 Å². The highest BCUT2D eigenvalue weighted by molar-refractivity contribution is 14.0. The first-order valence-corrected chi connectivity index (χ1v) is 10.2. The first-order valence-electron chi connectivity index (χ1n) is 10.2. The lowest BCUT2D eigenvalue weighted by Gasteiger charge is -2.26. The number of benzene rings is 1. The average Bonchev–Trinajstić information content (AvgIpc) is 3.22. The van der Waals surface area contributed by atoms with Gasteiger partial charge >= 0.3 is 0 Å². The van der Waals surface area contributed by atoms with Crippen LogP contribution in [0.4, 0.5) is 5.69 Å². The minimum atomic E-state index is 0. The van der Waals surface area contributed by atoms with Gasteiger partial charge in [0.05, 0.1) is 19.8 Å². The maximum absolute atomic E-state index is 5.75. The third kappa shape index (κ3) is 9.43. The van der Waals surface area contributed by atoms with Crippen molar-refractivity contribution in [2.24, 2.45) is 10.9 Å². The van der Waals surface area contributed by atoms with Crippen molar-refractivity contribution in [3.8, 4) is 0 Å². The van der Waals surface area contributed by atoms with E-state index in [9.17, 15) is 0 Å². The Kier molecular flexibility index (Phi) is 13.3. The molecule has 1 fully saturated rings. The van der Waals surface area contributed by atoms with Crippen LogP contribution in [0.2, 0.25) is 0 Å². The molecular weight excluding hydrogens is 467 g/mol. The number of halogens is 1. The molecule has 0 spiro atoms. The van der Waals surface area contributed by atoms with Crippen molar-refractivity contribution in [2.45, 2.75) is 32.7 Å². The summed E-state index contributed by atoms with van der Waals surface area (Å²) in [7, 11) is 2.11. The maximum atomic E-state index is 5.75. The smallest absolute Gasteiger partial charge is 0.191 e. The SMILES string of the molecule is CCNC(=NCC(C)N(C)c1ccccc1)NCCCOCC1CCOC1.I. The van der Waals surface area contributed by atoms with E-state index in [1.807, 2.05) is 6.07 Å². The van der Waals surface area contributed by atoms with Crippen LogP contribution < -0.4 is 15.5 Å². The zero-order valence-electron chi connectivity index (χ0n) is 17.5. The Morgan fingerprint density at radius 2 is 2.11 bits per heavy atom. The molecule has 28 heavy (non-hydrogen) atoms. The summed E-state index contributed by atoms with van der Waals surface area (Å²) < 4.78 is 11.1. The van der Waals surface area contributed by atoms with Crippen molar-refractivity contribution in [2.75, 3.05) is 58.0 Å². The van der Waals surface area contributed by atoms with Crippen LogP contribution in [-0.2, 0) is 9.47 Å². The van der Waals surface area contributed by atoms with E-state index >= 15 is 0 Å². The number of nitrogens with zero attached hydrogens (tertiary/aromatic N) is 2. The summed E-state index contributed by atoms with van der Waals surface area (Å²) in [6.07, 6.45) is 2.10. The molecule has 0 aromatic heterocycles. The standard InChI is InChI=1S/C21H36N4O2.HI/c1-4-22-21(23-12-8-13-26-16-19-11-14-27-17-19)24-15-18(2)25(3)20-9-6-5-7-10-20;/h5-7,9-10,18-19H,4,8,11-17H2,1-3H3,(H2,22,23,24);1H. The number of nitrogens with one attached hydrogen (secondary N) is 2. The minimum Gasteiger partial charge on any atom is -0.381 e. The molecule has 2 rings (SSSR count). The fourth-order valence-corrected chi connectivity index (χ4v) is 2.95. The van der Waals surface area contributed by atoms with Gasteiger partial charge in [-0.2, -0.15) is 0 Å². The van der Waals surface area contributed by atoms with Gasteiger partial charge in [0.1, 0.15) is 0 Å². The van der Waals surface area contributed by atoms with Gasteiger partial charge < -0.3 is 25.0 Å². The zero-order valence-corrected chi connectivity index (χ0v) is 19.9. The Hall–Kier alpha value is -1.06. The second kappa shape index (κ2) is 14.9. The first kappa shape index (κ1) is 25.0. The number of anilines is 1. The summed E-state index contributed by atoms with van der Waals surface area (Å²) in [5.74, 6) is 1.45. The van der Waals surface area contributed by atoms with Crippen LogP contribution in [0.1, 0.15) is 26.7 Å². The second-order valence-electron chi connectivity index (χ2n) is 7.10. The van der Waals surface area contributed by atoms with Crippen molar-refractivity contribution >= 4 is 35.6 Å². The Labute approximate surface area is 187 Å². The lowest BCUT2D eigenvalue weighted by molar-refractivity contribution is 0.0888. The van der Waals surface area contributed by atoms with Gasteiger partial charge in [-0.1, -0.05) is 18.2 Å². The van der Waals surface area contributed by atoms with Crippen LogP contribution in [0.5, 0.6) is 0 Å². The van der Waals surface area contributed by atoms with Crippen molar-refractivity contribution in [1.82, 2.24) is 10.6 Å². The second-order valence-corrected chi connectivity index (χ2v) is 7.10. The normalized spacial score (nSPS) is 17.7. The lowest BCUT2D eigenvalue weighted by Crippen LogP contribution is -2.40. The fraction of sp³-hybridized carbons (Fsp3) is 0.667. The molecule has 1 saturated heterocycles. The highest BCUT2D eigenvalue weighted by Gasteiger charge is 2.15. The first-order chi connectivity index (χ1) is 13.2. The summed E-state index contributed by atoms with van der Waals surface area (Å²) in [6.45, 7) is 10.1. The predicted octanol–water partition coefficient (Wildman–Crippen LogP) is 3.13. The largest absolute Gasteiger partial charge is 0.381 e. The van der Waals surface area contributed by atoms with Crippen LogP contribution in [0, 0.1) is 5.92 Å². The van der Waals surface area contributed by atoms with Crippen molar-refractivity contribution in [1.29, 1.82) is 0 Å². The van der Waals surface area contributed by atoms with E-state index in [4.69, 9.17) is 14.5 Å². The Morgan fingerprint density at radius 1 is 1.32 bits per heavy atom. The van der Waals surface area contributed by atoms with Gasteiger partial charge in [0.15, 0.2) is 5.96 Å². The molecule has 2 N–H and O–H groups in total. The maximum Gasteiger partial charge on any atom is 0.191 e. The summed E-state index contributed by atoms with van der Waals surface area (Å²) >= 11 is 0. The van der Waals surface area contributed by atoms with E-state index in [1.54, 1.807) is 0 Å². The summed E-state index contributed by atoms with van der Waals surface area (Å²) in [6, 6.07) is 10.7. The van der Waals surface area contributed by atoms with Gasteiger partial charge in [-0.05, 0) is 38.8 Å². The number of ether oxygens (including phenoxy) is 2. The van der Waals surface area contributed by atoms with Crippen molar-refractivity contribution in [3.63, 3.8) is 0 Å². The molecule has 7 heteroatoms. The monoisotopic (exact) mass is 504 g/mol. The summed E-state index contributed by atoms with van der Waals surface area (Å²) in [5, 5.41) is 6.71. The van der Waals surface area contributed by atoms with Gasteiger partial charge in [0.2, 0.25) is 0 Å². The molecule has 6 nitrogen and oxygen atoms in total. The molecule has 0 aliphatic carbocycles. The van der Waals surface area contributed by atoms with Gasteiger partial charge in [0, 0.05) is 51.0 Å². The molecule has 1 aliphatic heterocycles. The number of hydrogen-bond donors (Lipinski definition) is 2. The molecule has 0 saturated carbocycles. The molecule has 1 heterocycles. The Bertz CT molecular complexity index is 538. The van der Waals surface area contributed by atoms with Gasteiger partial charge in [-0.3, -0.25) is 4.99 Å². The van der Waals surface area contributed by atoms with E-state index in [0.717, 1.165) is 64.9 Å². The number of hydrogen-bond acceptors (Lipinski definition) is 4. The van der Waals surface area contributed by atoms with Crippen LogP contribution >= 0.6 is 24.0 Å². The summed E-state index contributed by atoms with van der Waals surface area (Å²) in [4.78, 5) is 6.99. The van der Waals surface area contributed by atoms with Crippen LogP contribution in [0.3, 0.4) is 0 Å². The highest BCUT2D eigenvalue weighted by atomic mass is 127. The third-order valence-corrected chi connectivity index (χ3v) is 4.82. The molecule has 1 aliphatic rings. The molecule has 2 unspecified atom stereocenters. The molecule has 1 aromatic rings. The van der Waals surface area contributed by atoms with E-state index in [2.05, 4.69) is 60.7 Å². The number of guanidine groups is 1. The molecule has 2 atom stereocenters. The average molecular weight is 504 g/mol. The Morgan fingerprint density at radius 3 is 2.79 bits per heavy atom. The molecule has 0 radical (unpaired) electrons. The van der Waals surface area contributed by atoms with Crippen LogP contribution in [-0.4, -0.2) is 65.1 Å². The van der Waals surface area contributed by atoms with Gasteiger partial charge in [-0.15, -0.1) is 24.0 Å². The van der Waals surface area contributed by atoms with E-state index in [-0.39, 0.29) is 24.0 Å². The van der Waals surface area contributed by atoms with E-state index < -0.39 is 0 Å². The van der Waals surface area contributed by atoms with Crippen molar-refractivity contribution < 1.29 is 9.47 Å². The van der Waals surface area contributed by atoms with E-state index in [1.165, 1.54) is 5.69 Å². The molecule has 0 bridgehead atoms. The number of para-hydroxylation sites is 1. The lowest BCUT2D eigenvalue weighted by atomic mass is 10.1.